The first-order valence-corrected chi connectivity index (χ1v) is 9.38. The summed E-state index contributed by atoms with van der Waals surface area (Å²) in [7, 11) is 1.54. The normalized spacial score (nSPS) is 11.7. The molecular weight excluding hydrogens is 310 g/mol. The van der Waals surface area contributed by atoms with Crippen LogP contribution in [0.3, 0.4) is 0 Å². The Labute approximate surface area is 131 Å². The van der Waals surface area contributed by atoms with Crippen molar-refractivity contribution in [1.82, 2.24) is 4.90 Å². The second kappa shape index (κ2) is 7.27. The van der Waals surface area contributed by atoms with Crippen molar-refractivity contribution in [2.24, 2.45) is 5.92 Å². The van der Waals surface area contributed by atoms with Crippen LogP contribution in [0.25, 0.3) is 0 Å². The van der Waals surface area contributed by atoms with Crippen molar-refractivity contribution in [3.05, 3.63) is 29.3 Å². The summed E-state index contributed by atoms with van der Waals surface area (Å²) in [5.41, 5.74) is 1.24. The van der Waals surface area contributed by atoms with Gasteiger partial charge in [-0.2, -0.15) is 0 Å². The molecule has 0 bridgehead atoms. The minimum absolute atomic E-state index is 0.0367. The molecule has 1 aromatic carbocycles. The summed E-state index contributed by atoms with van der Waals surface area (Å²) in [6.07, 6.45) is 0.656. The van der Waals surface area contributed by atoms with Crippen molar-refractivity contribution in [3.63, 3.8) is 0 Å². The Morgan fingerprint density at radius 3 is 2.33 bits per heavy atom. The Morgan fingerprint density at radius 1 is 1.29 bits per heavy atom. The molecule has 0 N–H and O–H groups in total. The molecule has 21 heavy (non-hydrogen) atoms. The summed E-state index contributed by atoms with van der Waals surface area (Å²) in [6, 6.07) is 4.48. The summed E-state index contributed by atoms with van der Waals surface area (Å²) in [6.45, 7) is 9.13. The van der Waals surface area contributed by atoms with Gasteiger partial charge in [0, 0.05) is 29.3 Å². The molecule has 4 nitrogen and oxygen atoms in total. The Bertz CT molecular complexity index is 611. The van der Waals surface area contributed by atoms with Gasteiger partial charge in [-0.05, 0) is 37.0 Å². The van der Waals surface area contributed by atoms with Gasteiger partial charge < -0.3 is 4.90 Å². The number of rotatable bonds is 6. The summed E-state index contributed by atoms with van der Waals surface area (Å²) >= 11 is 0. The molecule has 0 aliphatic carbocycles. The van der Waals surface area contributed by atoms with Gasteiger partial charge in [0.25, 0.3) is 15.0 Å². The Morgan fingerprint density at radius 2 is 1.90 bits per heavy atom. The van der Waals surface area contributed by atoms with Crippen LogP contribution in [-0.2, 0) is 15.5 Å². The maximum atomic E-state index is 12.7. The highest BCUT2D eigenvalue weighted by molar-refractivity contribution is 8.13. The van der Waals surface area contributed by atoms with Crippen molar-refractivity contribution in [1.29, 1.82) is 0 Å². The highest BCUT2D eigenvalue weighted by Crippen LogP contribution is 2.21. The van der Waals surface area contributed by atoms with E-state index in [9.17, 15) is 13.2 Å². The van der Waals surface area contributed by atoms with Gasteiger partial charge in [0.1, 0.15) is 0 Å². The van der Waals surface area contributed by atoms with Gasteiger partial charge in [-0.15, -0.1) is 0 Å². The molecule has 0 aliphatic rings. The molecule has 0 spiro atoms. The monoisotopic (exact) mass is 331 g/mol. The van der Waals surface area contributed by atoms with E-state index in [0.717, 1.165) is 5.56 Å². The van der Waals surface area contributed by atoms with E-state index in [-0.39, 0.29) is 10.8 Å². The second-order valence-electron chi connectivity index (χ2n) is 5.35. The number of nitrogens with zero attached hydrogens (tertiary/aromatic N) is 1. The first-order chi connectivity index (χ1) is 9.70. The lowest BCUT2D eigenvalue weighted by atomic mass is 10.0. The lowest BCUT2D eigenvalue weighted by Crippen LogP contribution is -2.34. The van der Waals surface area contributed by atoms with Crippen molar-refractivity contribution >= 4 is 25.6 Å². The van der Waals surface area contributed by atoms with Gasteiger partial charge >= 0.3 is 0 Å². The molecule has 0 saturated carbocycles. The molecule has 0 unspecified atom stereocenters. The molecule has 118 valence electrons. The van der Waals surface area contributed by atoms with E-state index in [1.54, 1.807) is 11.0 Å². The summed E-state index contributed by atoms with van der Waals surface area (Å²) in [5.74, 6) is 0.198. The molecule has 0 aliphatic heterocycles. The van der Waals surface area contributed by atoms with E-state index in [2.05, 4.69) is 0 Å². The van der Waals surface area contributed by atoms with Crippen molar-refractivity contribution < 1.29 is 13.2 Å². The van der Waals surface area contributed by atoms with Gasteiger partial charge in [-0.3, -0.25) is 4.79 Å². The van der Waals surface area contributed by atoms with E-state index < -0.39 is 9.05 Å². The summed E-state index contributed by atoms with van der Waals surface area (Å²) in [5, 5.41) is 0. The highest BCUT2D eigenvalue weighted by atomic mass is 35.7. The van der Waals surface area contributed by atoms with Crippen LogP contribution in [0.4, 0.5) is 0 Å². The fourth-order valence-electron chi connectivity index (χ4n) is 2.18. The van der Waals surface area contributed by atoms with Crippen molar-refractivity contribution in [3.8, 4) is 0 Å². The number of hydrogen-bond donors (Lipinski definition) is 0. The van der Waals surface area contributed by atoms with Crippen LogP contribution in [0, 0.1) is 5.92 Å². The Hall–Kier alpha value is -1.07. The first kappa shape index (κ1) is 18.0. The SMILES string of the molecule is CCc1ccc(S(=O)(=O)Cl)cc1C(=O)N(CC)CC(C)C. The fraction of sp³-hybridized carbons (Fsp3) is 0.533. The molecule has 0 heterocycles. The number of carbonyl (C=O) groups excluding carboxylic acids is 1. The smallest absolute Gasteiger partial charge is 0.261 e. The quantitative estimate of drug-likeness (QED) is 0.751. The van der Waals surface area contributed by atoms with Gasteiger partial charge in [-0.25, -0.2) is 8.42 Å². The molecule has 1 amide bonds. The maximum absolute atomic E-state index is 12.7. The average Bonchev–Trinajstić information content (AvgIpc) is 2.42. The predicted molar refractivity (Wildman–Crippen MR) is 85.3 cm³/mol. The standard InChI is InChI=1S/C15H22ClNO3S/c1-5-12-7-8-13(21(16,19)20)9-14(12)15(18)17(6-2)10-11(3)4/h7-9,11H,5-6,10H2,1-4H3. The lowest BCUT2D eigenvalue weighted by molar-refractivity contribution is 0.0744. The molecule has 6 heteroatoms. The number of halogens is 1. The van der Waals surface area contributed by atoms with E-state index >= 15 is 0 Å². The van der Waals surface area contributed by atoms with E-state index in [1.165, 1.54) is 12.1 Å². The largest absolute Gasteiger partial charge is 0.339 e. The van der Waals surface area contributed by atoms with E-state index in [1.807, 2.05) is 27.7 Å². The average molecular weight is 332 g/mol. The molecule has 0 aromatic heterocycles. The zero-order valence-electron chi connectivity index (χ0n) is 12.9. The third kappa shape index (κ3) is 4.71. The number of amides is 1. The van der Waals surface area contributed by atoms with Gasteiger partial charge in [0.15, 0.2) is 0 Å². The Kier molecular flexibility index (Phi) is 6.23. The van der Waals surface area contributed by atoms with E-state index in [0.29, 0.717) is 31.0 Å². The zero-order chi connectivity index (χ0) is 16.2. The first-order valence-electron chi connectivity index (χ1n) is 7.07. The van der Waals surface area contributed by atoms with Crippen LogP contribution in [0.15, 0.2) is 23.1 Å². The van der Waals surface area contributed by atoms with Crippen LogP contribution >= 0.6 is 10.7 Å². The topological polar surface area (TPSA) is 54.5 Å². The molecule has 1 rings (SSSR count). The summed E-state index contributed by atoms with van der Waals surface area (Å²) in [4.78, 5) is 14.3. The van der Waals surface area contributed by atoms with Gasteiger partial charge in [0.2, 0.25) is 0 Å². The fourth-order valence-corrected chi connectivity index (χ4v) is 2.96. The molecule has 0 radical (unpaired) electrons. The number of hydrogen-bond acceptors (Lipinski definition) is 3. The van der Waals surface area contributed by atoms with Gasteiger partial charge in [0.05, 0.1) is 4.90 Å². The number of carbonyl (C=O) groups is 1. The van der Waals surface area contributed by atoms with Crippen molar-refractivity contribution in [2.45, 2.75) is 39.0 Å². The van der Waals surface area contributed by atoms with Crippen molar-refractivity contribution in [2.75, 3.05) is 13.1 Å². The molecular formula is C15H22ClNO3S. The minimum Gasteiger partial charge on any atom is -0.339 e. The van der Waals surface area contributed by atoms with Crippen LogP contribution in [-0.4, -0.2) is 32.3 Å². The Balaban J connectivity index is 3.28. The van der Waals surface area contributed by atoms with Crippen LogP contribution in [0.5, 0.6) is 0 Å². The third-order valence-electron chi connectivity index (χ3n) is 3.23. The maximum Gasteiger partial charge on any atom is 0.261 e. The van der Waals surface area contributed by atoms with Gasteiger partial charge in [-0.1, -0.05) is 26.8 Å². The number of benzene rings is 1. The minimum atomic E-state index is -3.84. The third-order valence-corrected chi connectivity index (χ3v) is 4.58. The summed E-state index contributed by atoms with van der Waals surface area (Å²) < 4.78 is 22.9. The molecule has 0 saturated heterocycles. The predicted octanol–water partition coefficient (Wildman–Crippen LogP) is 3.29. The van der Waals surface area contributed by atoms with Crippen LogP contribution in [0.1, 0.15) is 43.6 Å². The second-order valence-corrected chi connectivity index (χ2v) is 7.91. The lowest BCUT2D eigenvalue weighted by Gasteiger charge is -2.24. The van der Waals surface area contributed by atoms with E-state index in [4.69, 9.17) is 10.7 Å². The molecule has 0 fully saturated rings. The van der Waals surface area contributed by atoms with Crippen LogP contribution in [0.2, 0.25) is 0 Å². The number of aryl methyl sites for hydroxylation is 1. The molecule has 0 atom stereocenters. The molecule has 1 aromatic rings. The van der Waals surface area contributed by atoms with Crippen LogP contribution < -0.4 is 0 Å². The highest BCUT2D eigenvalue weighted by Gasteiger charge is 2.21. The zero-order valence-corrected chi connectivity index (χ0v) is 14.5.